The summed E-state index contributed by atoms with van der Waals surface area (Å²) >= 11 is 1.79. The van der Waals surface area contributed by atoms with Crippen molar-refractivity contribution in [2.45, 2.75) is 24.3 Å². The molecular formula is C15H24N2OS. The number of aryl methyl sites for hydroxylation is 1. The normalized spacial score (nSPS) is 23.8. The van der Waals surface area contributed by atoms with E-state index >= 15 is 0 Å². The fourth-order valence-electron chi connectivity index (χ4n) is 3.07. The van der Waals surface area contributed by atoms with Gasteiger partial charge in [-0.3, -0.25) is 4.90 Å². The van der Waals surface area contributed by atoms with Crippen molar-refractivity contribution in [3.05, 3.63) is 23.3 Å². The first-order valence-electron chi connectivity index (χ1n) is 6.74. The predicted molar refractivity (Wildman–Crippen MR) is 82.0 cm³/mol. The highest BCUT2D eigenvalue weighted by atomic mass is 32.2. The Hall–Kier alpha value is -0.710. The van der Waals surface area contributed by atoms with Gasteiger partial charge in [0, 0.05) is 23.0 Å². The molecule has 1 saturated heterocycles. The van der Waals surface area contributed by atoms with Crippen molar-refractivity contribution >= 4 is 11.8 Å². The molecule has 3 nitrogen and oxygen atoms in total. The summed E-state index contributed by atoms with van der Waals surface area (Å²) < 4.78 is 5.68. The minimum Gasteiger partial charge on any atom is -0.496 e. The molecular weight excluding hydrogens is 256 g/mol. The number of hydrogen-bond acceptors (Lipinski definition) is 4. The van der Waals surface area contributed by atoms with Crippen molar-refractivity contribution in [3.63, 3.8) is 0 Å². The first kappa shape index (κ1) is 14.7. The van der Waals surface area contributed by atoms with Crippen LogP contribution >= 0.6 is 11.8 Å². The maximum absolute atomic E-state index is 5.84. The number of benzene rings is 1. The third-order valence-corrected chi connectivity index (χ3v) is 4.87. The van der Waals surface area contributed by atoms with E-state index in [2.05, 4.69) is 37.3 Å². The van der Waals surface area contributed by atoms with E-state index in [4.69, 9.17) is 10.5 Å². The van der Waals surface area contributed by atoms with Gasteiger partial charge in [0.2, 0.25) is 0 Å². The zero-order chi connectivity index (χ0) is 14.0. The Bertz CT molecular complexity index is 450. The molecule has 19 heavy (non-hydrogen) atoms. The van der Waals surface area contributed by atoms with Crippen LogP contribution in [0.1, 0.15) is 23.6 Å². The third-order valence-electron chi connectivity index (χ3n) is 4.08. The number of methoxy groups -OCH3 is 1. The summed E-state index contributed by atoms with van der Waals surface area (Å²) in [6.07, 6.45) is 3.25. The molecule has 1 fully saturated rings. The zero-order valence-corrected chi connectivity index (χ0v) is 13.1. The lowest BCUT2D eigenvalue weighted by molar-refractivity contribution is 0.299. The molecule has 0 aromatic heterocycles. The van der Waals surface area contributed by atoms with E-state index in [1.807, 2.05) is 0 Å². The molecule has 0 spiro atoms. The average molecular weight is 280 g/mol. The SMILES string of the molecule is COc1c(C)ccc(SC)c1C1CC(CN)CN1C. The molecule has 1 aromatic rings. The second-order valence-corrected chi connectivity index (χ2v) is 6.17. The van der Waals surface area contributed by atoms with Crippen LogP contribution in [0.15, 0.2) is 17.0 Å². The molecule has 2 atom stereocenters. The Labute approximate surface area is 120 Å². The highest BCUT2D eigenvalue weighted by Crippen LogP contribution is 2.43. The van der Waals surface area contributed by atoms with Crippen molar-refractivity contribution in [3.8, 4) is 5.75 Å². The number of nitrogens with zero attached hydrogens (tertiary/aromatic N) is 1. The zero-order valence-electron chi connectivity index (χ0n) is 12.3. The quantitative estimate of drug-likeness (QED) is 0.861. The maximum Gasteiger partial charge on any atom is 0.127 e. The number of rotatable bonds is 4. The Morgan fingerprint density at radius 2 is 2.21 bits per heavy atom. The Morgan fingerprint density at radius 3 is 2.74 bits per heavy atom. The van der Waals surface area contributed by atoms with Crippen molar-refractivity contribution in [2.24, 2.45) is 11.7 Å². The van der Waals surface area contributed by atoms with Crippen LogP contribution in [0.4, 0.5) is 0 Å². The standard InChI is InChI=1S/C15H24N2OS/c1-10-5-6-13(19-4)14(15(10)18-3)12-7-11(8-16)9-17(12)2/h5-6,11-12H,7-9,16H2,1-4H3. The lowest BCUT2D eigenvalue weighted by atomic mass is 9.97. The maximum atomic E-state index is 5.84. The number of thioether (sulfide) groups is 1. The minimum absolute atomic E-state index is 0.422. The van der Waals surface area contributed by atoms with E-state index in [9.17, 15) is 0 Å². The van der Waals surface area contributed by atoms with Crippen LogP contribution in [0.25, 0.3) is 0 Å². The molecule has 106 valence electrons. The van der Waals surface area contributed by atoms with E-state index in [1.54, 1.807) is 18.9 Å². The lowest BCUT2D eigenvalue weighted by Gasteiger charge is -2.25. The number of likely N-dealkylation sites (tertiary alicyclic amines) is 1. The summed E-state index contributed by atoms with van der Waals surface area (Å²) in [4.78, 5) is 3.73. The van der Waals surface area contributed by atoms with Crippen molar-refractivity contribution in [1.82, 2.24) is 4.90 Å². The van der Waals surface area contributed by atoms with Gasteiger partial charge in [-0.15, -0.1) is 11.8 Å². The van der Waals surface area contributed by atoms with Crippen molar-refractivity contribution < 1.29 is 4.74 Å². The van der Waals surface area contributed by atoms with Gasteiger partial charge in [-0.2, -0.15) is 0 Å². The Kier molecular flexibility index (Phi) is 4.76. The molecule has 0 radical (unpaired) electrons. The van der Waals surface area contributed by atoms with Gasteiger partial charge in [0.1, 0.15) is 5.75 Å². The molecule has 1 aromatic carbocycles. The molecule has 2 N–H and O–H groups in total. The van der Waals surface area contributed by atoms with Gasteiger partial charge in [0.15, 0.2) is 0 Å². The van der Waals surface area contributed by atoms with E-state index < -0.39 is 0 Å². The van der Waals surface area contributed by atoms with Gasteiger partial charge in [-0.25, -0.2) is 0 Å². The van der Waals surface area contributed by atoms with E-state index in [1.165, 1.54) is 16.0 Å². The topological polar surface area (TPSA) is 38.5 Å². The van der Waals surface area contributed by atoms with Crippen LogP contribution in [0.5, 0.6) is 5.75 Å². The van der Waals surface area contributed by atoms with Gasteiger partial charge in [0.25, 0.3) is 0 Å². The summed E-state index contributed by atoms with van der Waals surface area (Å²) in [5.74, 6) is 1.64. The van der Waals surface area contributed by atoms with E-state index in [-0.39, 0.29) is 0 Å². The molecule has 2 unspecified atom stereocenters. The Balaban J connectivity index is 2.45. The smallest absolute Gasteiger partial charge is 0.127 e. The van der Waals surface area contributed by atoms with Crippen LogP contribution < -0.4 is 10.5 Å². The van der Waals surface area contributed by atoms with E-state index in [0.717, 1.165) is 25.3 Å². The minimum atomic E-state index is 0.422. The van der Waals surface area contributed by atoms with Gasteiger partial charge >= 0.3 is 0 Å². The van der Waals surface area contributed by atoms with Gasteiger partial charge in [-0.05, 0) is 50.7 Å². The Morgan fingerprint density at radius 1 is 1.47 bits per heavy atom. The molecule has 0 aliphatic carbocycles. The largest absolute Gasteiger partial charge is 0.496 e. The third kappa shape index (κ3) is 2.76. The summed E-state index contributed by atoms with van der Waals surface area (Å²) in [6.45, 7) is 3.96. The molecule has 1 aliphatic rings. The summed E-state index contributed by atoms with van der Waals surface area (Å²) in [7, 11) is 3.96. The number of nitrogens with two attached hydrogens (primary N) is 1. The fourth-order valence-corrected chi connectivity index (χ4v) is 3.72. The van der Waals surface area contributed by atoms with Crippen LogP contribution in [0.2, 0.25) is 0 Å². The second kappa shape index (κ2) is 6.16. The average Bonchev–Trinajstić information content (AvgIpc) is 2.79. The van der Waals surface area contributed by atoms with Crippen molar-refractivity contribution in [1.29, 1.82) is 0 Å². The second-order valence-electron chi connectivity index (χ2n) is 5.32. The summed E-state index contributed by atoms with van der Waals surface area (Å²) in [5, 5.41) is 0. The molecule has 0 bridgehead atoms. The monoisotopic (exact) mass is 280 g/mol. The molecule has 1 heterocycles. The molecule has 1 aliphatic heterocycles. The molecule has 2 rings (SSSR count). The molecule has 4 heteroatoms. The highest BCUT2D eigenvalue weighted by molar-refractivity contribution is 7.98. The highest BCUT2D eigenvalue weighted by Gasteiger charge is 2.33. The summed E-state index contributed by atoms with van der Waals surface area (Å²) in [5.41, 5.74) is 8.39. The first-order chi connectivity index (χ1) is 9.12. The summed E-state index contributed by atoms with van der Waals surface area (Å²) in [6, 6.07) is 4.77. The molecule has 0 amide bonds. The predicted octanol–water partition coefficient (Wildman–Crippen LogP) is 2.68. The van der Waals surface area contributed by atoms with Crippen LogP contribution in [-0.2, 0) is 0 Å². The van der Waals surface area contributed by atoms with Crippen LogP contribution in [-0.4, -0.2) is 38.4 Å². The lowest BCUT2D eigenvalue weighted by Crippen LogP contribution is -2.21. The van der Waals surface area contributed by atoms with Gasteiger partial charge in [-0.1, -0.05) is 6.07 Å². The van der Waals surface area contributed by atoms with Gasteiger partial charge in [0.05, 0.1) is 7.11 Å². The van der Waals surface area contributed by atoms with E-state index in [0.29, 0.717) is 12.0 Å². The fraction of sp³-hybridized carbons (Fsp3) is 0.600. The molecule has 0 saturated carbocycles. The van der Waals surface area contributed by atoms with Crippen LogP contribution in [0.3, 0.4) is 0 Å². The first-order valence-corrected chi connectivity index (χ1v) is 7.96. The van der Waals surface area contributed by atoms with Crippen molar-refractivity contribution in [2.75, 3.05) is 33.5 Å². The number of ether oxygens (including phenoxy) is 1. The van der Waals surface area contributed by atoms with Crippen LogP contribution in [0, 0.1) is 12.8 Å². The number of hydrogen-bond donors (Lipinski definition) is 1. The van der Waals surface area contributed by atoms with Gasteiger partial charge < -0.3 is 10.5 Å².